The van der Waals surface area contributed by atoms with E-state index in [0.29, 0.717) is 0 Å². The van der Waals surface area contributed by atoms with E-state index in [-0.39, 0.29) is 0 Å². The standard InChI is InChI=1S/C15H24N2S/c1-2-16-12-9-13-5-3-6-14(10-12)17(13)11-15-7-4-8-18-15/h4,7-8,12-14,16H,2-3,5-6,9-11H2,1H3. The van der Waals surface area contributed by atoms with E-state index in [1.54, 1.807) is 0 Å². The second-order valence-corrected chi connectivity index (χ2v) is 6.75. The Kier molecular flexibility index (Phi) is 4.02. The second-order valence-electron chi connectivity index (χ2n) is 5.72. The molecule has 0 aromatic carbocycles. The zero-order valence-electron chi connectivity index (χ0n) is 11.3. The van der Waals surface area contributed by atoms with E-state index in [9.17, 15) is 0 Å². The van der Waals surface area contributed by atoms with Gasteiger partial charge >= 0.3 is 0 Å². The van der Waals surface area contributed by atoms with Crippen LogP contribution in [-0.4, -0.2) is 29.6 Å². The molecule has 1 aromatic heterocycles. The Morgan fingerprint density at radius 3 is 2.72 bits per heavy atom. The number of rotatable bonds is 4. The van der Waals surface area contributed by atoms with Gasteiger partial charge < -0.3 is 5.32 Å². The number of nitrogens with zero attached hydrogens (tertiary/aromatic N) is 1. The highest BCUT2D eigenvalue weighted by Gasteiger charge is 2.37. The van der Waals surface area contributed by atoms with Crippen molar-refractivity contribution in [1.82, 2.24) is 10.2 Å². The first-order valence-corrected chi connectivity index (χ1v) is 8.26. The van der Waals surface area contributed by atoms with Crippen LogP contribution in [0.5, 0.6) is 0 Å². The molecule has 2 fully saturated rings. The number of hydrogen-bond acceptors (Lipinski definition) is 3. The summed E-state index contributed by atoms with van der Waals surface area (Å²) in [5, 5.41) is 5.87. The fraction of sp³-hybridized carbons (Fsp3) is 0.733. The van der Waals surface area contributed by atoms with Crippen molar-refractivity contribution in [2.75, 3.05) is 6.54 Å². The predicted octanol–water partition coefficient (Wildman–Crippen LogP) is 3.24. The van der Waals surface area contributed by atoms with Gasteiger partial charge in [0.15, 0.2) is 0 Å². The fourth-order valence-electron chi connectivity index (χ4n) is 3.77. The molecule has 0 saturated carbocycles. The third-order valence-electron chi connectivity index (χ3n) is 4.54. The fourth-order valence-corrected chi connectivity index (χ4v) is 4.49. The lowest BCUT2D eigenvalue weighted by Gasteiger charge is -2.49. The molecule has 2 atom stereocenters. The Labute approximate surface area is 114 Å². The average Bonchev–Trinajstić information content (AvgIpc) is 2.83. The number of fused-ring (bicyclic) bond motifs is 2. The van der Waals surface area contributed by atoms with Crippen LogP contribution >= 0.6 is 11.3 Å². The summed E-state index contributed by atoms with van der Waals surface area (Å²) < 4.78 is 0. The maximum absolute atomic E-state index is 3.67. The van der Waals surface area contributed by atoms with Crippen LogP contribution in [0, 0.1) is 0 Å². The lowest BCUT2D eigenvalue weighted by Crippen LogP contribution is -2.55. The molecule has 0 aliphatic carbocycles. The Bertz CT molecular complexity index is 349. The van der Waals surface area contributed by atoms with Crippen molar-refractivity contribution in [3.05, 3.63) is 22.4 Å². The lowest BCUT2D eigenvalue weighted by atomic mass is 9.81. The first-order valence-electron chi connectivity index (χ1n) is 7.38. The van der Waals surface area contributed by atoms with Crippen molar-refractivity contribution in [1.29, 1.82) is 0 Å². The molecular weight excluding hydrogens is 240 g/mol. The molecule has 2 aliphatic rings. The van der Waals surface area contributed by atoms with Crippen molar-refractivity contribution in [3.8, 4) is 0 Å². The molecule has 1 aromatic rings. The van der Waals surface area contributed by atoms with Crippen LogP contribution in [-0.2, 0) is 6.54 Å². The van der Waals surface area contributed by atoms with Gasteiger partial charge in [0.05, 0.1) is 0 Å². The first kappa shape index (κ1) is 12.6. The maximum atomic E-state index is 3.67. The molecule has 2 bridgehead atoms. The van der Waals surface area contributed by atoms with Gasteiger partial charge in [-0.2, -0.15) is 0 Å². The minimum absolute atomic E-state index is 0.768. The van der Waals surface area contributed by atoms with Crippen LogP contribution in [0.25, 0.3) is 0 Å². The molecule has 3 heteroatoms. The SMILES string of the molecule is CCNC1CC2CCCC(C1)N2Cc1cccs1. The Morgan fingerprint density at radius 2 is 2.11 bits per heavy atom. The number of hydrogen-bond donors (Lipinski definition) is 1. The molecule has 2 saturated heterocycles. The average molecular weight is 264 g/mol. The molecule has 0 spiro atoms. The quantitative estimate of drug-likeness (QED) is 0.898. The van der Waals surface area contributed by atoms with Gasteiger partial charge in [0.1, 0.15) is 0 Å². The highest BCUT2D eigenvalue weighted by molar-refractivity contribution is 7.09. The van der Waals surface area contributed by atoms with E-state index in [1.165, 1.54) is 43.5 Å². The van der Waals surface area contributed by atoms with Crippen LogP contribution in [0.1, 0.15) is 43.9 Å². The molecule has 18 heavy (non-hydrogen) atoms. The van der Waals surface area contributed by atoms with E-state index < -0.39 is 0 Å². The van der Waals surface area contributed by atoms with Gasteiger partial charge in [-0.15, -0.1) is 11.3 Å². The smallest absolute Gasteiger partial charge is 0.0333 e. The van der Waals surface area contributed by atoms with E-state index in [1.807, 2.05) is 11.3 Å². The summed E-state index contributed by atoms with van der Waals surface area (Å²) >= 11 is 1.91. The van der Waals surface area contributed by atoms with Gasteiger partial charge in [-0.3, -0.25) is 4.90 Å². The molecule has 2 unspecified atom stereocenters. The van der Waals surface area contributed by atoms with E-state index in [2.05, 4.69) is 34.7 Å². The molecule has 3 rings (SSSR count). The molecular formula is C15H24N2S. The van der Waals surface area contributed by atoms with Crippen molar-refractivity contribution in [2.45, 2.75) is 63.7 Å². The van der Waals surface area contributed by atoms with Crippen LogP contribution in [0.15, 0.2) is 17.5 Å². The number of piperidine rings is 2. The summed E-state index contributed by atoms with van der Waals surface area (Å²) in [6.45, 7) is 4.54. The summed E-state index contributed by atoms with van der Waals surface area (Å²) in [5.41, 5.74) is 0. The van der Waals surface area contributed by atoms with Gasteiger partial charge in [0.25, 0.3) is 0 Å². The number of thiophene rings is 1. The highest BCUT2D eigenvalue weighted by atomic mass is 32.1. The molecule has 0 radical (unpaired) electrons. The zero-order chi connectivity index (χ0) is 12.4. The third-order valence-corrected chi connectivity index (χ3v) is 5.40. The number of nitrogens with one attached hydrogen (secondary N) is 1. The van der Waals surface area contributed by atoms with Gasteiger partial charge in [-0.05, 0) is 43.7 Å². The maximum Gasteiger partial charge on any atom is 0.0333 e. The minimum Gasteiger partial charge on any atom is -0.314 e. The van der Waals surface area contributed by atoms with Crippen LogP contribution in [0.2, 0.25) is 0 Å². The van der Waals surface area contributed by atoms with Crippen LogP contribution in [0.4, 0.5) is 0 Å². The highest BCUT2D eigenvalue weighted by Crippen LogP contribution is 2.35. The van der Waals surface area contributed by atoms with Crippen molar-refractivity contribution in [2.24, 2.45) is 0 Å². The Hall–Kier alpha value is -0.380. The molecule has 2 aliphatic heterocycles. The lowest BCUT2D eigenvalue weighted by molar-refractivity contribution is 0.0188. The summed E-state index contributed by atoms with van der Waals surface area (Å²) in [7, 11) is 0. The van der Waals surface area contributed by atoms with Crippen molar-refractivity contribution in [3.63, 3.8) is 0 Å². The Morgan fingerprint density at radius 1 is 1.33 bits per heavy atom. The van der Waals surface area contributed by atoms with Gasteiger partial charge in [0.2, 0.25) is 0 Å². The monoisotopic (exact) mass is 264 g/mol. The molecule has 100 valence electrons. The van der Waals surface area contributed by atoms with E-state index in [4.69, 9.17) is 0 Å². The normalized spacial score (nSPS) is 32.6. The van der Waals surface area contributed by atoms with Crippen LogP contribution in [0.3, 0.4) is 0 Å². The largest absolute Gasteiger partial charge is 0.314 e. The predicted molar refractivity (Wildman–Crippen MR) is 78.0 cm³/mol. The second kappa shape index (κ2) is 5.72. The van der Waals surface area contributed by atoms with Crippen LogP contribution < -0.4 is 5.32 Å². The van der Waals surface area contributed by atoms with Crippen molar-refractivity contribution < 1.29 is 0 Å². The topological polar surface area (TPSA) is 15.3 Å². The first-order chi connectivity index (χ1) is 8.86. The summed E-state index contributed by atoms with van der Waals surface area (Å²) in [6, 6.07) is 6.88. The molecule has 1 N–H and O–H groups in total. The van der Waals surface area contributed by atoms with Gasteiger partial charge in [0, 0.05) is 29.5 Å². The zero-order valence-corrected chi connectivity index (χ0v) is 12.1. The summed E-state index contributed by atoms with van der Waals surface area (Å²) in [4.78, 5) is 4.33. The minimum atomic E-state index is 0.768. The van der Waals surface area contributed by atoms with Gasteiger partial charge in [-0.25, -0.2) is 0 Å². The Balaban J connectivity index is 1.68. The van der Waals surface area contributed by atoms with Gasteiger partial charge in [-0.1, -0.05) is 19.4 Å². The molecule has 3 heterocycles. The molecule has 0 amide bonds. The molecule has 2 nitrogen and oxygen atoms in total. The van der Waals surface area contributed by atoms with E-state index in [0.717, 1.165) is 24.7 Å². The summed E-state index contributed by atoms with van der Waals surface area (Å²) in [6.07, 6.45) is 6.97. The van der Waals surface area contributed by atoms with E-state index >= 15 is 0 Å². The summed E-state index contributed by atoms with van der Waals surface area (Å²) in [5.74, 6) is 0. The third kappa shape index (κ3) is 2.63. The van der Waals surface area contributed by atoms with Crippen molar-refractivity contribution >= 4 is 11.3 Å².